The van der Waals surface area contributed by atoms with Gasteiger partial charge in [0.2, 0.25) is 0 Å². The van der Waals surface area contributed by atoms with Crippen LogP contribution in [0.5, 0.6) is 11.5 Å². The predicted molar refractivity (Wildman–Crippen MR) is 170 cm³/mol. The lowest BCUT2D eigenvalue weighted by molar-refractivity contribution is 0.414. The van der Waals surface area contributed by atoms with Crippen molar-refractivity contribution < 1.29 is 9.47 Å². The van der Waals surface area contributed by atoms with Gasteiger partial charge in [-0.1, -0.05) is 52.3 Å². The van der Waals surface area contributed by atoms with Gasteiger partial charge in [0, 0.05) is 24.8 Å². The molecule has 0 atom stereocenters. The molecule has 0 N–H and O–H groups in total. The molecule has 0 aliphatic carbocycles. The van der Waals surface area contributed by atoms with Crippen LogP contribution in [0.4, 0.5) is 5.82 Å². The zero-order valence-corrected chi connectivity index (χ0v) is 25.6. The first kappa shape index (κ1) is 28.8. The number of hydrogen-bond donors (Lipinski definition) is 0. The number of methoxy groups -OCH3 is 2. The quantitative estimate of drug-likeness (QED) is 0.160. The summed E-state index contributed by atoms with van der Waals surface area (Å²) in [5.41, 5.74) is 5.87. The number of halogens is 1. The van der Waals surface area contributed by atoms with Gasteiger partial charge < -0.3 is 14.4 Å². The van der Waals surface area contributed by atoms with Crippen LogP contribution in [-0.4, -0.2) is 43.8 Å². The molecule has 11 heteroatoms. The Labute approximate surface area is 262 Å². The number of hydrogen-bond acceptors (Lipinski definition) is 9. The van der Waals surface area contributed by atoms with E-state index in [0.29, 0.717) is 58.4 Å². The van der Waals surface area contributed by atoms with Crippen LogP contribution in [0.15, 0.2) is 91.4 Å². The van der Waals surface area contributed by atoms with E-state index in [4.69, 9.17) is 24.5 Å². The lowest BCUT2D eigenvalue weighted by Gasteiger charge is -2.26. The summed E-state index contributed by atoms with van der Waals surface area (Å²) in [7, 11) is 3.31. The highest BCUT2D eigenvalue weighted by atomic mass is 79.9. The molecule has 0 saturated heterocycles. The maximum Gasteiger partial charge on any atom is 0.199 e. The zero-order chi connectivity index (χ0) is 30.5. The number of benzene rings is 3. The van der Waals surface area contributed by atoms with Gasteiger partial charge in [-0.25, -0.2) is 24.5 Å². The van der Waals surface area contributed by atoms with Crippen molar-refractivity contribution in [1.82, 2.24) is 29.5 Å². The van der Waals surface area contributed by atoms with Crippen molar-refractivity contribution in [3.63, 3.8) is 0 Å². The third kappa shape index (κ3) is 5.93. The highest BCUT2D eigenvalue weighted by Crippen LogP contribution is 2.35. The van der Waals surface area contributed by atoms with Gasteiger partial charge in [-0.15, -0.1) is 5.10 Å². The first-order valence-corrected chi connectivity index (χ1v) is 14.9. The Balaban J connectivity index is 1.60. The number of anilines is 1. The van der Waals surface area contributed by atoms with E-state index < -0.39 is 0 Å². The molecular formula is C33H27BrN8O2. The molecule has 0 aliphatic heterocycles. The molecule has 3 aromatic heterocycles. The van der Waals surface area contributed by atoms with Crippen LogP contribution >= 0.6 is 15.9 Å². The fourth-order valence-electron chi connectivity index (χ4n) is 4.94. The van der Waals surface area contributed by atoms with Crippen molar-refractivity contribution in [3.05, 3.63) is 114 Å². The molecule has 218 valence electrons. The van der Waals surface area contributed by atoms with Gasteiger partial charge in [-0.3, -0.25) is 0 Å². The van der Waals surface area contributed by atoms with Crippen molar-refractivity contribution in [3.8, 4) is 40.2 Å². The molecule has 44 heavy (non-hydrogen) atoms. The Morgan fingerprint density at radius 1 is 0.886 bits per heavy atom. The smallest absolute Gasteiger partial charge is 0.199 e. The van der Waals surface area contributed by atoms with Crippen molar-refractivity contribution >= 4 is 27.4 Å². The standard InChI is InChI=1S/C33H27BrN8O2/c1-43-26-10-6-22(7-11-26)19-41(20-23-8-12-27(44-2)13-9-23)32-33-38-29(17-34)40-42(33)31(28-14-15-36-21-37-28)30(39-32)25-5-3-4-24(16-25)18-35/h3-16,21H,17,19-20H2,1-2H3. The predicted octanol–water partition coefficient (Wildman–Crippen LogP) is 6.24. The van der Waals surface area contributed by atoms with Crippen LogP contribution < -0.4 is 14.4 Å². The normalized spacial score (nSPS) is 10.9. The summed E-state index contributed by atoms with van der Waals surface area (Å²) < 4.78 is 12.6. The Morgan fingerprint density at radius 2 is 1.57 bits per heavy atom. The Bertz CT molecular complexity index is 1890. The molecule has 0 aliphatic rings. The number of ether oxygens (including phenoxy) is 2. The van der Waals surface area contributed by atoms with Crippen molar-refractivity contribution in [2.45, 2.75) is 18.4 Å². The number of rotatable bonds is 10. The third-order valence-corrected chi connectivity index (χ3v) is 7.58. The summed E-state index contributed by atoms with van der Waals surface area (Å²) in [4.78, 5) is 21.0. The van der Waals surface area contributed by atoms with Crippen molar-refractivity contribution in [2.75, 3.05) is 19.1 Å². The Hall–Kier alpha value is -5.34. The molecule has 0 unspecified atom stereocenters. The van der Waals surface area contributed by atoms with E-state index in [1.165, 1.54) is 6.33 Å². The minimum atomic E-state index is 0.452. The van der Waals surface area contributed by atoms with Gasteiger partial charge in [-0.2, -0.15) is 5.26 Å². The Kier molecular flexibility index (Phi) is 8.43. The number of fused-ring (bicyclic) bond motifs is 1. The van der Waals surface area contributed by atoms with Gasteiger partial charge in [0.25, 0.3) is 0 Å². The third-order valence-electron chi connectivity index (χ3n) is 7.08. The van der Waals surface area contributed by atoms with Crippen molar-refractivity contribution in [2.24, 2.45) is 0 Å². The minimum Gasteiger partial charge on any atom is -0.497 e. The molecular weight excluding hydrogens is 620 g/mol. The first-order chi connectivity index (χ1) is 21.6. The van der Waals surface area contributed by atoms with Gasteiger partial charge in [0.15, 0.2) is 17.3 Å². The molecule has 6 rings (SSSR count). The lowest BCUT2D eigenvalue weighted by Crippen LogP contribution is -2.25. The van der Waals surface area contributed by atoms with Crippen LogP contribution in [0.3, 0.4) is 0 Å². The van der Waals surface area contributed by atoms with E-state index in [1.54, 1.807) is 31.0 Å². The molecule has 0 bridgehead atoms. The monoisotopic (exact) mass is 646 g/mol. The number of nitriles is 1. The number of alkyl halides is 1. The average Bonchev–Trinajstić information content (AvgIpc) is 3.53. The second-order valence-corrected chi connectivity index (χ2v) is 10.4. The number of aromatic nitrogens is 6. The molecule has 0 fully saturated rings. The highest BCUT2D eigenvalue weighted by Gasteiger charge is 2.25. The number of nitrogens with zero attached hydrogens (tertiary/aromatic N) is 8. The molecule has 0 spiro atoms. The summed E-state index contributed by atoms with van der Waals surface area (Å²) in [5, 5.41) is 15.0. The van der Waals surface area contributed by atoms with E-state index in [1.807, 2.05) is 72.8 Å². The summed E-state index contributed by atoms with van der Waals surface area (Å²) in [6, 6.07) is 27.4. The molecule has 0 radical (unpaired) electrons. The summed E-state index contributed by atoms with van der Waals surface area (Å²) >= 11 is 3.54. The highest BCUT2D eigenvalue weighted by molar-refractivity contribution is 9.08. The maximum atomic E-state index is 9.70. The summed E-state index contributed by atoms with van der Waals surface area (Å²) in [6.45, 7) is 1.05. The van der Waals surface area contributed by atoms with Gasteiger partial charge in [-0.05, 0) is 53.6 Å². The minimum absolute atomic E-state index is 0.452. The average molecular weight is 648 g/mol. The van der Waals surface area contributed by atoms with E-state index in [9.17, 15) is 5.26 Å². The van der Waals surface area contributed by atoms with Gasteiger partial charge in [0.05, 0.1) is 36.9 Å². The largest absolute Gasteiger partial charge is 0.497 e. The second-order valence-electron chi connectivity index (χ2n) is 9.87. The van der Waals surface area contributed by atoms with E-state index in [0.717, 1.165) is 28.2 Å². The zero-order valence-electron chi connectivity index (χ0n) is 24.1. The fraction of sp³-hybridized carbons (Fsp3) is 0.152. The van der Waals surface area contributed by atoms with Crippen LogP contribution in [0.1, 0.15) is 22.5 Å². The molecule has 10 nitrogen and oxygen atoms in total. The van der Waals surface area contributed by atoms with E-state index in [-0.39, 0.29) is 0 Å². The van der Waals surface area contributed by atoms with Gasteiger partial charge >= 0.3 is 0 Å². The SMILES string of the molecule is COc1ccc(CN(Cc2ccc(OC)cc2)c2nc(-c3cccc(C#N)c3)c(-c3ccncn3)n3nc(CBr)nc23)cc1. The van der Waals surface area contributed by atoms with Crippen LogP contribution in [0, 0.1) is 11.3 Å². The molecule has 6 aromatic rings. The topological polar surface area (TPSA) is 114 Å². The molecule has 3 aromatic carbocycles. The van der Waals surface area contributed by atoms with Crippen LogP contribution in [0.25, 0.3) is 28.3 Å². The second kappa shape index (κ2) is 12.9. The van der Waals surface area contributed by atoms with Crippen LogP contribution in [0.2, 0.25) is 0 Å². The maximum absolute atomic E-state index is 9.70. The summed E-state index contributed by atoms with van der Waals surface area (Å²) in [5.74, 6) is 2.79. The molecule has 0 saturated carbocycles. The molecule has 0 amide bonds. The van der Waals surface area contributed by atoms with E-state index in [2.05, 4.69) is 36.9 Å². The summed E-state index contributed by atoms with van der Waals surface area (Å²) in [6.07, 6.45) is 3.17. The van der Waals surface area contributed by atoms with Crippen molar-refractivity contribution in [1.29, 1.82) is 5.26 Å². The van der Waals surface area contributed by atoms with E-state index >= 15 is 0 Å². The Morgan fingerprint density at radius 3 is 2.14 bits per heavy atom. The van der Waals surface area contributed by atoms with Crippen LogP contribution in [-0.2, 0) is 18.4 Å². The van der Waals surface area contributed by atoms with Gasteiger partial charge in [0.1, 0.15) is 29.2 Å². The fourth-order valence-corrected chi connectivity index (χ4v) is 5.18. The first-order valence-electron chi connectivity index (χ1n) is 13.7. The lowest BCUT2D eigenvalue weighted by atomic mass is 10.0. The molecule has 3 heterocycles.